The minimum atomic E-state index is 0.177. The number of carbonyl (C=O) groups excluding carboxylic acids is 1. The standard InChI is InChI=1S/C27H42N2O2S/c1-5-17-8-9-21-20(19(17)7-6-12-30)10-11-27(3)25(21)23-16(2)24(23)26(27)22(31)15-29-14-18(32-4)13-28-29/h13-14,16-17,19-21,23-26,30H,5-12,15H2,1-4H3/t16?,17-,19-,20+,21+,23?,24?,25+,26-,27-/m0/s1. The van der Waals surface area contributed by atoms with E-state index in [0.717, 1.165) is 46.8 Å². The number of nitrogens with zero attached hydrogens (tertiary/aromatic N) is 2. The lowest BCUT2D eigenvalue weighted by molar-refractivity contribution is -0.134. The summed E-state index contributed by atoms with van der Waals surface area (Å²) >= 11 is 1.69. The van der Waals surface area contributed by atoms with Crippen molar-refractivity contribution >= 4 is 17.5 Å². The molecule has 4 nitrogen and oxygen atoms in total. The summed E-state index contributed by atoms with van der Waals surface area (Å²) in [5.74, 6) is 6.68. The minimum Gasteiger partial charge on any atom is -0.396 e. The predicted octanol–water partition coefficient (Wildman–Crippen LogP) is 5.54. The molecule has 1 N–H and O–H groups in total. The van der Waals surface area contributed by atoms with Crippen molar-refractivity contribution in [1.29, 1.82) is 0 Å². The van der Waals surface area contributed by atoms with Crippen LogP contribution in [0.1, 0.15) is 65.7 Å². The molecule has 0 aliphatic heterocycles. The summed E-state index contributed by atoms with van der Waals surface area (Å²) in [6.07, 6.45) is 14.6. The first kappa shape index (κ1) is 23.0. The van der Waals surface area contributed by atoms with Gasteiger partial charge in [0.05, 0.1) is 12.7 Å². The van der Waals surface area contributed by atoms with Gasteiger partial charge in [0, 0.05) is 23.6 Å². The van der Waals surface area contributed by atoms with Crippen LogP contribution in [0.15, 0.2) is 17.3 Å². The Morgan fingerprint density at radius 2 is 2.09 bits per heavy atom. The van der Waals surface area contributed by atoms with Crippen LogP contribution in [-0.2, 0) is 11.3 Å². The Kier molecular flexibility index (Phi) is 6.28. The maximum absolute atomic E-state index is 13.7. The van der Waals surface area contributed by atoms with Gasteiger partial charge in [0.15, 0.2) is 5.78 Å². The molecule has 0 amide bonds. The van der Waals surface area contributed by atoms with E-state index in [-0.39, 0.29) is 11.3 Å². The Morgan fingerprint density at radius 3 is 2.78 bits per heavy atom. The van der Waals surface area contributed by atoms with E-state index >= 15 is 0 Å². The molecule has 4 fully saturated rings. The van der Waals surface area contributed by atoms with Gasteiger partial charge < -0.3 is 5.11 Å². The van der Waals surface area contributed by atoms with Crippen LogP contribution >= 0.6 is 11.8 Å². The molecule has 32 heavy (non-hydrogen) atoms. The summed E-state index contributed by atoms with van der Waals surface area (Å²) in [6, 6.07) is 0. The van der Waals surface area contributed by atoms with E-state index in [1.165, 1.54) is 38.5 Å². The number of aliphatic hydroxyl groups excluding tert-OH is 1. The highest BCUT2D eigenvalue weighted by Gasteiger charge is 2.73. The largest absolute Gasteiger partial charge is 0.396 e. The zero-order valence-corrected chi connectivity index (χ0v) is 21.2. The molecule has 0 bridgehead atoms. The molecule has 10 atom stereocenters. The molecule has 0 saturated heterocycles. The normalized spacial score (nSPS) is 44.6. The van der Waals surface area contributed by atoms with Crippen LogP contribution in [0.3, 0.4) is 0 Å². The fourth-order valence-corrected chi connectivity index (χ4v) is 9.69. The third kappa shape index (κ3) is 3.52. The van der Waals surface area contributed by atoms with Crippen LogP contribution in [-0.4, -0.2) is 33.5 Å². The zero-order chi connectivity index (χ0) is 22.6. The highest BCUT2D eigenvalue weighted by atomic mass is 32.2. The summed E-state index contributed by atoms with van der Waals surface area (Å²) in [7, 11) is 0. The van der Waals surface area contributed by atoms with E-state index in [9.17, 15) is 9.90 Å². The first-order valence-electron chi connectivity index (χ1n) is 13.1. The Balaban J connectivity index is 1.38. The van der Waals surface area contributed by atoms with Crippen LogP contribution in [0.2, 0.25) is 0 Å². The lowest BCUT2D eigenvalue weighted by atomic mass is 9.49. The van der Waals surface area contributed by atoms with Gasteiger partial charge in [-0.1, -0.05) is 27.2 Å². The molecule has 1 heterocycles. The van der Waals surface area contributed by atoms with E-state index in [2.05, 4.69) is 32.1 Å². The number of Topliss-reactive ketones (excluding diaryl/α,β-unsaturated/α-hetero) is 1. The average molecular weight is 459 g/mol. The van der Waals surface area contributed by atoms with E-state index in [1.54, 1.807) is 11.8 Å². The number of hydrogen-bond acceptors (Lipinski definition) is 4. The smallest absolute Gasteiger partial charge is 0.158 e. The molecule has 4 aliphatic rings. The molecule has 0 aromatic carbocycles. The molecule has 4 saturated carbocycles. The number of rotatable bonds is 8. The maximum Gasteiger partial charge on any atom is 0.158 e. The molecule has 178 valence electrons. The summed E-state index contributed by atoms with van der Waals surface area (Å²) in [4.78, 5) is 14.9. The van der Waals surface area contributed by atoms with Crippen LogP contribution < -0.4 is 0 Å². The second-order valence-corrected chi connectivity index (χ2v) is 12.6. The van der Waals surface area contributed by atoms with Crippen LogP contribution in [0.4, 0.5) is 0 Å². The van der Waals surface area contributed by atoms with Crippen molar-refractivity contribution in [2.45, 2.75) is 77.2 Å². The number of carbonyl (C=O) groups is 1. The molecular weight excluding hydrogens is 416 g/mol. The average Bonchev–Trinajstić information content (AvgIpc) is 3.13. The first-order chi connectivity index (χ1) is 15.4. The third-order valence-corrected chi connectivity index (χ3v) is 11.3. The van der Waals surface area contributed by atoms with Gasteiger partial charge >= 0.3 is 0 Å². The van der Waals surface area contributed by atoms with Crippen molar-refractivity contribution in [1.82, 2.24) is 9.78 Å². The highest BCUT2D eigenvalue weighted by molar-refractivity contribution is 7.98. The number of hydrogen-bond donors (Lipinski definition) is 1. The van der Waals surface area contributed by atoms with Gasteiger partial charge in [-0.2, -0.15) is 5.10 Å². The number of aromatic nitrogens is 2. The molecule has 5 rings (SSSR count). The Hall–Kier alpha value is -0.810. The fourth-order valence-electron chi connectivity index (χ4n) is 9.32. The Labute approximate surface area is 198 Å². The number of thioether (sulfide) groups is 1. The van der Waals surface area contributed by atoms with Crippen LogP contribution in [0.5, 0.6) is 0 Å². The third-order valence-electron chi connectivity index (χ3n) is 10.6. The molecular formula is C27H42N2O2S. The molecule has 5 heteroatoms. The van der Waals surface area contributed by atoms with Gasteiger partial charge in [-0.15, -0.1) is 11.8 Å². The number of aliphatic hydroxyl groups is 1. The van der Waals surface area contributed by atoms with Gasteiger partial charge in [0.1, 0.15) is 0 Å². The van der Waals surface area contributed by atoms with E-state index in [1.807, 2.05) is 17.1 Å². The van der Waals surface area contributed by atoms with Crippen molar-refractivity contribution in [3.8, 4) is 0 Å². The topological polar surface area (TPSA) is 55.1 Å². The molecule has 0 spiro atoms. The number of fused-ring (bicyclic) bond motifs is 5. The van der Waals surface area contributed by atoms with Crippen LogP contribution in [0, 0.1) is 58.7 Å². The second kappa shape index (κ2) is 8.76. The van der Waals surface area contributed by atoms with Gasteiger partial charge in [-0.3, -0.25) is 9.48 Å². The van der Waals surface area contributed by atoms with Crippen molar-refractivity contribution in [2.24, 2.45) is 58.7 Å². The Bertz CT molecular complexity index is 839. The molecule has 3 unspecified atom stereocenters. The van der Waals surface area contributed by atoms with Crippen molar-refractivity contribution in [2.75, 3.05) is 12.9 Å². The monoisotopic (exact) mass is 458 g/mol. The fraction of sp³-hybridized carbons (Fsp3) is 0.852. The molecule has 1 aromatic heterocycles. The van der Waals surface area contributed by atoms with Crippen molar-refractivity contribution in [3.63, 3.8) is 0 Å². The van der Waals surface area contributed by atoms with Gasteiger partial charge in [0.2, 0.25) is 0 Å². The van der Waals surface area contributed by atoms with E-state index < -0.39 is 0 Å². The van der Waals surface area contributed by atoms with E-state index in [4.69, 9.17) is 0 Å². The second-order valence-electron chi connectivity index (χ2n) is 11.7. The van der Waals surface area contributed by atoms with Gasteiger partial charge in [-0.25, -0.2) is 0 Å². The lowest BCUT2D eigenvalue weighted by Crippen LogP contribution is -2.51. The predicted molar refractivity (Wildman–Crippen MR) is 129 cm³/mol. The lowest BCUT2D eigenvalue weighted by Gasteiger charge is -2.56. The summed E-state index contributed by atoms with van der Waals surface area (Å²) in [6.45, 7) is 8.04. The van der Waals surface area contributed by atoms with Gasteiger partial charge in [0.25, 0.3) is 0 Å². The summed E-state index contributed by atoms with van der Waals surface area (Å²) in [5.41, 5.74) is 0.177. The highest BCUT2D eigenvalue weighted by Crippen LogP contribution is 2.76. The van der Waals surface area contributed by atoms with E-state index in [0.29, 0.717) is 30.8 Å². The molecule has 4 aliphatic carbocycles. The summed E-state index contributed by atoms with van der Waals surface area (Å²) < 4.78 is 1.87. The van der Waals surface area contributed by atoms with Gasteiger partial charge in [-0.05, 0) is 97.5 Å². The van der Waals surface area contributed by atoms with Crippen molar-refractivity contribution < 1.29 is 9.90 Å². The molecule has 0 radical (unpaired) electrons. The van der Waals surface area contributed by atoms with Crippen molar-refractivity contribution in [3.05, 3.63) is 12.4 Å². The van der Waals surface area contributed by atoms with Crippen LogP contribution in [0.25, 0.3) is 0 Å². The summed E-state index contributed by atoms with van der Waals surface area (Å²) in [5, 5.41) is 14.0. The zero-order valence-electron chi connectivity index (χ0n) is 20.4. The number of ketones is 1. The quantitative estimate of drug-likeness (QED) is 0.519. The molecule has 1 aromatic rings. The first-order valence-corrected chi connectivity index (χ1v) is 14.4. The Morgan fingerprint density at radius 1 is 1.28 bits per heavy atom. The minimum absolute atomic E-state index is 0.177. The maximum atomic E-state index is 13.7. The SMILES string of the molecule is CC[C@H]1CC[C@@H]2[C@H](CC[C@]3(C)[C@@H](C(=O)Cn4cc(SC)cn4)C4C(C)C4[C@@H]23)[C@H]1CCCO.